The van der Waals surface area contributed by atoms with Crippen molar-refractivity contribution in [2.24, 2.45) is 0 Å². The zero-order valence-electron chi connectivity index (χ0n) is 22.5. The molecule has 2 heterocycles. The van der Waals surface area contributed by atoms with E-state index in [1.165, 1.54) is 28.3 Å². The number of rotatable bonds is 6. The van der Waals surface area contributed by atoms with Crippen LogP contribution in [-0.4, -0.2) is 23.6 Å². The summed E-state index contributed by atoms with van der Waals surface area (Å²) in [6.45, 7) is 2.80. The summed E-state index contributed by atoms with van der Waals surface area (Å²) in [6, 6.07) is 27.7. The SMILES string of the molecule is CCCCOc1c2n(ccc1=O)C(C1c3ccccc3CCc3ccccc31)CN(c1cccc(C#N)c1)C2=O. The van der Waals surface area contributed by atoms with Gasteiger partial charge in [0.25, 0.3) is 5.91 Å². The first-order valence-corrected chi connectivity index (χ1v) is 14.0. The van der Waals surface area contributed by atoms with Gasteiger partial charge in [0.1, 0.15) is 0 Å². The summed E-state index contributed by atoms with van der Waals surface area (Å²) in [5.74, 6) is -0.262. The number of nitriles is 1. The summed E-state index contributed by atoms with van der Waals surface area (Å²) >= 11 is 0. The Hall–Kier alpha value is -4.63. The minimum absolute atomic E-state index is 0.0607. The van der Waals surface area contributed by atoms with Crippen LogP contribution in [-0.2, 0) is 12.8 Å². The fraction of sp³-hybridized carbons (Fsp3) is 0.265. The summed E-state index contributed by atoms with van der Waals surface area (Å²) in [6.07, 6.45) is 5.32. The predicted octanol–water partition coefficient (Wildman–Crippen LogP) is 6.03. The smallest absolute Gasteiger partial charge is 0.279 e. The van der Waals surface area contributed by atoms with Crippen molar-refractivity contribution in [1.29, 1.82) is 5.26 Å². The molecule has 0 saturated heterocycles. The number of aromatic nitrogens is 1. The van der Waals surface area contributed by atoms with Crippen molar-refractivity contribution in [2.45, 2.75) is 44.6 Å². The largest absolute Gasteiger partial charge is 0.487 e. The molecule has 200 valence electrons. The first-order valence-electron chi connectivity index (χ1n) is 14.0. The molecule has 3 aromatic carbocycles. The molecule has 2 aliphatic rings. The molecule has 0 spiro atoms. The Bertz CT molecular complexity index is 1640. The van der Waals surface area contributed by atoms with Crippen molar-refractivity contribution < 1.29 is 9.53 Å². The Kier molecular flexibility index (Phi) is 6.96. The van der Waals surface area contributed by atoms with Gasteiger partial charge in [0.15, 0.2) is 11.4 Å². The highest BCUT2D eigenvalue weighted by molar-refractivity contribution is 6.07. The topological polar surface area (TPSA) is 75.3 Å². The van der Waals surface area contributed by atoms with E-state index in [2.05, 4.69) is 61.5 Å². The van der Waals surface area contributed by atoms with Gasteiger partial charge in [-0.2, -0.15) is 5.26 Å². The Morgan fingerprint density at radius 3 is 2.30 bits per heavy atom. The molecule has 0 fully saturated rings. The minimum Gasteiger partial charge on any atom is -0.487 e. The average molecular weight is 530 g/mol. The normalized spacial score (nSPS) is 16.4. The van der Waals surface area contributed by atoms with E-state index in [-0.39, 0.29) is 34.7 Å². The van der Waals surface area contributed by atoms with E-state index in [1.54, 1.807) is 29.3 Å². The van der Waals surface area contributed by atoms with Crippen LogP contribution < -0.4 is 15.1 Å². The number of carbonyl (C=O) groups excluding carboxylic acids is 1. The van der Waals surface area contributed by atoms with Crippen LogP contribution in [0.25, 0.3) is 0 Å². The van der Waals surface area contributed by atoms with Gasteiger partial charge in [-0.25, -0.2) is 0 Å². The number of hydrogen-bond donors (Lipinski definition) is 0. The van der Waals surface area contributed by atoms with Crippen LogP contribution in [0.2, 0.25) is 0 Å². The first kappa shape index (κ1) is 25.6. The van der Waals surface area contributed by atoms with Gasteiger partial charge in [-0.3, -0.25) is 9.59 Å². The summed E-state index contributed by atoms with van der Waals surface area (Å²) in [5, 5.41) is 9.57. The third-order valence-corrected chi connectivity index (χ3v) is 8.12. The highest BCUT2D eigenvalue weighted by Crippen LogP contribution is 2.45. The molecule has 1 aliphatic carbocycles. The lowest BCUT2D eigenvalue weighted by atomic mass is 9.81. The van der Waals surface area contributed by atoms with E-state index in [9.17, 15) is 14.9 Å². The van der Waals surface area contributed by atoms with Crippen molar-refractivity contribution >= 4 is 11.6 Å². The van der Waals surface area contributed by atoms with Gasteiger partial charge < -0.3 is 14.2 Å². The molecule has 0 N–H and O–H groups in total. The molecule has 6 rings (SSSR count). The molecule has 1 amide bonds. The van der Waals surface area contributed by atoms with Gasteiger partial charge in [-0.05, 0) is 59.7 Å². The summed E-state index contributed by atoms with van der Waals surface area (Å²) in [5.41, 5.74) is 6.12. The molecule has 6 nitrogen and oxygen atoms in total. The quantitative estimate of drug-likeness (QED) is 0.286. The van der Waals surface area contributed by atoms with Gasteiger partial charge in [-0.1, -0.05) is 67.9 Å². The monoisotopic (exact) mass is 529 g/mol. The van der Waals surface area contributed by atoms with Gasteiger partial charge in [-0.15, -0.1) is 0 Å². The Morgan fingerprint density at radius 2 is 1.62 bits per heavy atom. The van der Waals surface area contributed by atoms with E-state index in [4.69, 9.17) is 4.74 Å². The van der Waals surface area contributed by atoms with Gasteiger partial charge in [0, 0.05) is 30.4 Å². The van der Waals surface area contributed by atoms with E-state index >= 15 is 0 Å². The summed E-state index contributed by atoms with van der Waals surface area (Å²) in [4.78, 5) is 29.1. The number of pyridine rings is 1. The van der Waals surface area contributed by atoms with Crippen molar-refractivity contribution in [1.82, 2.24) is 4.57 Å². The number of carbonyl (C=O) groups is 1. The molecule has 1 atom stereocenters. The highest BCUT2D eigenvalue weighted by atomic mass is 16.5. The molecule has 0 saturated carbocycles. The molecule has 0 bridgehead atoms. The minimum atomic E-state index is -0.302. The fourth-order valence-electron chi connectivity index (χ4n) is 6.17. The van der Waals surface area contributed by atoms with Crippen LogP contribution in [0.1, 0.15) is 70.0 Å². The molecular formula is C34H31N3O3. The molecule has 1 unspecified atom stereocenters. The number of fused-ring (bicyclic) bond motifs is 3. The van der Waals surface area contributed by atoms with E-state index < -0.39 is 0 Å². The van der Waals surface area contributed by atoms with Crippen molar-refractivity contribution in [3.63, 3.8) is 0 Å². The van der Waals surface area contributed by atoms with E-state index in [1.807, 2.05) is 10.6 Å². The highest BCUT2D eigenvalue weighted by Gasteiger charge is 2.41. The van der Waals surface area contributed by atoms with Gasteiger partial charge >= 0.3 is 0 Å². The van der Waals surface area contributed by atoms with Crippen molar-refractivity contribution in [3.8, 4) is 11.8 Å². The number of hydrogen-bond acceptors (Lipinski definition) is 4. The number of ether oxygens (including phenoxy) is 1. The predicted molar refractivity (Wildman–Crippen MR) is 155 cm³/mol. The second kappa shape index (κ2) is 10.9. The lowest BCUT2D eigenvalue weighted by Gasteiger charge is -2.41. The first-order chi connectivity index (χ1) is 19.6. The maximum absolute atomic E-state index is 14.2. The lowest BCUT2D eigenvalue weighted by molar-refractivity contribution is 0.0944. The zero-order chi connectivity index (χ0) is 27.6. The number of anilines is 1. The molecule has 4 aromatic rings. The van der Waals surface area contributed by atoms with Crippen LogP contribution in [0.5, 0.6) is 5.75 Å². The maximum atomic E-state index is 14.2. The lowest BCUT2D eigenvalue weighted by Crippen LogP contribution is -2.46. The van der Waals surface area contributed by atoms with E-state index in [0.29, 0.717) is 24.4 Å². The van der Waals surface area contributed by atoms with Crippen molar-refractivity contribution in [2.75, 3.05) is 18.1 Å². The number of aryl methyl sites for hydroxylation is 2. The van der Waals surface area contributed by atoms with Crippen molar-refractivity contribution in [3.05, 3.63) is 129 Å². The van der Waals surface area contributed by atoms with Crippen LogP contribution in [0.3, 0.4) is 0 Å². The van der Waals surface area contributed by atoms with Crippen LogP contribution >= 0.6 is 0 Å². The maximum Gasteiger partial charge on any atom is 0.279 e. The second-order valence-corrected chi connectivity index (χ2v) is 10.5. The average Bonchev–Trinajstić information content (AvgIpc) is 3.15. The second-order valence-electron chi connectivity index (χ2n) is 10.5. The Labute approximate surface area is 234 Å². The Morgan fingerprint density at radius 1 is 0.925 bits per heavy atom. The Balaban J connectivity index is 1.59. The fourth-order valence-corrected chi connectivity index (χ4v) is 6.17. The number of amides is 1. The molecular weight excluding hydrogens is 498 g/mol. The molecule has 0 radical (unpaired) electrons. The molecule has 6 heteroatoms. The van der Waals surface area contributed by atoms with Gasteiger partial charge in [0.2, 0.25) is 5.43 Å². The summed E-state index contributed by atoms with van der Waals surface area (Å²) in [7, 11) is 0. The third kappa shape index (κ3) is 4.48. The van der Waals surface area contributed by atoms with E-state index in [0.717, 1.165) is 25.7 Å². The molecule has 40 heavy (non-hydrogen) atoms. The molecule has 1 aromatic heterocycles. The standard InChI is InChI=1S/C34H31N3O3/c1-2-3-19-40-33-30(38)17-18-36-29(22-37(34(39)32(33)36)26-12-8-9-23(20-26)21-35)31-27-13-6-4-10-24(27)15-16-25-11-5-7-14-28(25)31/h4-14,17-18,20,29,31H,2-3,15-16,19,22H2,1H3. The zero-order valence-corrected chi connectivity index (χ0v) is 22.5. The van der Waals surface area contributed by atoms with Gasteiger partial charge in [0.05, 0.1) is 24.3 Å². The van der Waals surface area contributed by atoms with Crippen LogP contribution in [0.15, 0.2) is 89.9 Å². The summed E-state index contributed by atoms with van der Waals surface area (Å²) < 4.78 is 8.01. The van der Waals surface area contributed by atoms with Crippen LogP contribution in [0, 0.1) is 11.3 Å². The number of unbranched alkanes of at least 4 members (excludes halogenated alkanes) is 1. The number of nitrogens with zero attached hydrogens (tertiary/aromatic N) is 3. The van der Waals surface area contributed by atoms with Crippen LogP contribution in [0.4, 0.5) is 5.69 Å². The third-order valence-electron chi connectivity index (χ3n) is 8.12. The molecule has 1 aliphatic heterocycles. The number of benzene rings is 3.